The first-order valence-electron chi connectivity index (χ1n) is 5.87. The smallest absolute Gasteiger partial charge is 0.243 e. The van der Waals surface area contributed by atoms with Crippen LogP contribution in [0.2, 0.25) is 0 Å². The minimum absolute atomic E-state index is 0.0173. The Labute approximate surface area is 116 Å². The van der Waals surface area contributed by atoms with E-state index in [2.05, 4.69) is 0 Å². The van der Waals surface area contributed by atoms with Crippen LogP contribution in [-0.4, -0.2) is 31.7 Å². The van der Waals surface area contributed by atoms with Gasteiger partial charge in [0, 0.05) is 12.6 Å². The number of primary amides is 1. The highest BCUT2D eigenvalue weighted by Gasteiger charge is 2.27. The van der Waals surface area contributed by atoms with Gasteiger partial charge in [0.2, 0.25) is 15.9 Å². The standard InChI is InChI=1S/C12H16F2N2O3S/c1-8(2)6-16(7-12(15)17)20(18,19)11-4-9(13)3-10(14)5-11/h3-5,8H,6-7H2,1-2H3,(H2,15,17). The van der Waals surface area contributed by atoms with Crippen molar-refractivity contribution in [1.82, 2.24) is 4.31 Å². The Balaban J connectivity index is 3.24. The molecule has 0 fully saturated rings. The number of benzene rings is 1. The second kappa shape index (κ2) is 6.27. The molecule has 1 aromatic carbocycles. The molecule has 0 spiro atoms. The topological polar surface area (TPSA) is 80.5 Å². The molecule has 1 rings (SSSR count). The maximum Gasteiger partial charge on any atom is 0.243 e. The van der Waals surface area contributed by atoms with Crippen LogP contribution in [0, 0.1) is 17.6 Å². The highest BCUT2D eigenvalue weighted by atomic mass is 32.2. The number of amides is 1. The molecule has 1 amide bonds. The second-order valence-corrected chi connectivity index (χ2v) is 6.70. The zero-order chi connectivity index (χ0) is 15.5. The second-order valence-electron chi connectivity index (χ2n) is 4.76. The number of nitrogens with zero attached hydrogens (tertiary/aromatic N) is 1. The third-order valence-corrected chi connectivity index (χ3v) is 4.16. The van der Waals surface area contributed by atoms with Crippen molar-refractivity contribution in [1.29, 1.82) is 0 Å². The van der Waals surface area contributed by atoms with Gasteiger partial charge in [-0.25, -0.2) is 17.2 Å². The third kappa shape index (κ3) is 4.24. The lowest BCUT2D eigenvalue weighted by molar-refractivity contribution is -0.118. The van der Waals surface area contributed by atoms with E-state index < -0.39 is 39.0 Å². The SMILES string of the molecule is CC(C)CN(CC(N)=O)S(=O)(=O)c1cc(F)cc(F)c1. The van der Waals surface area contributed by atoms with Gasteiger partial charge in [0.05, 0.1) is 11.4 Å². The lowest BCUT2D eigenvalue weighted by atomic mass is 10.2. The van der Waals surface area contributed by atoms with Crippen LogP contribution >= 0.6 is 0 Å². The van der Waals surface area contributed by atoms with Crippen molar-refractivity contribution < 1.29 is 22.0 Å². The van der Waals surface area contributed by atoms with Crippen molar-refractivity contribution in [3.8, 4) is 0 Å². The first-order valence-corrected chi connectivity index (χ1v) is 7.31. The Morgan fingerprint density at radius 1 is 1.25 bits per heavy atom. The molecular weight excluding hydrogens is 290 g/mol. The molecular formula is C12H16F2N2O3S. The molecule has 0 saturated carbocycles. The first kappa shape index (κ1) is 16.5. The molecule has 8 heteroatoms. The van der Waals surface area contributed by atoms with Gasteiger partial charge in [0.15, 0.2) is 0 Å². The predicted octanol–water partition coefficient (Wildman–Crippen LogP) is 1.10. The van der Waals surface area contributed by atoms with Crippen molar-refractivity contribution in [3.05, 3.63) is 29.8 Å². The number of sulfonamides is 1. The minimum atomic E-state index is -4.18. The average molecular weight is 306 g/mol. The minimum Gasteiger partial charge on any atom is -0.369 e. The van der Waals surface area contributed by atoms with Gasteiger partial charge < -0.3 is 5.73 Å². The van der Waals surface area contributed by atoms with E-state index in [0.29, 0.717) is 18.2 Å². The Kier molecular flexibility index (Phi) is 5.18. The fourth-order valence-corrected chi connectivity index (χ4v) is 3.27. The molecule has 20 heavy (non-hydrogen) atoms. The molecule has 5 nitrogen and oxygen atoms in total. The summed E-state index contributed by atoms with van der Waals surface area (Å²) < 4.78 is 51.7. The number of nitrogens with two attached hydrogens (primary N) is 1. The summed E-state index contributed by atoms with van der Waals surface area (Å²) in [6, 6.07) is 1.97. The van der Waals surface area contributed by atoms with Crippen molar-refractivity contribution in [3.63, 3.8) is 0 Å². The fourth-order valence-electron chi connectivity index (χ4n) is 1.66. The van der Waals surface area contributed by atoms with Gasteiger partial charge in [0.1, 0.15) is 11.6 Å². The van der Waals surface area contributed by atoms with Gasteiger partial charge in [-0.15, -0.1) is 0 Å². The maximum absolute atomic E-state index is 13.1. The maximum atomic E-state index is 13.1. The van der Waals surface area contributed by atoms with Crippen LogP contribution in [0.5, 0.6) is 0 Å². The summed E-state index contributed by atoms with van der Waals surface area (Å²) in [7, 11) is -4.18. The number of hydrogen-bond acceptors (Lipinski definition) is 3. The van der Waals surface area contributed by atoms with E-state index in [1.165, 1.54) is 0 Å². The molecule has 0 aromatic heterocycles. The van der Waals surface area contributed by atoms with Crippen LogP contribution in [0.15, 0.2) is 23.1 Å². The predicted molar refractivity (Wildman–Crippen MR) is 69.1 cm³/mol. The summed E-state index contributed by atoms with van der Waals surface area (Å²) >= 11 is 0. The monoisotopic (exact) mass is 306 g/mol. The van der Waals surface area contributed by atoms with E-state index in [-0.39, 0.29) is 12.5 Å². The molecule has 0 aliphatic rings. The summed E-state index contributed by atoms with van der Waals surface area (Å²) in [5.74, 6) is -2.94. The molecule has 1 aromatic rings. The number of hydrogen-bond donors (Lipinski definition) is 1. The average Bonchev–Trinajstić information content (AvgIpc) is 2.25. The van der Waals surface area contributed by atoms with Crippen LogP contribution in [-0.2, 0) is 14.8 Å². The van der Waals surface area contributed by atoms with Crippen LogP contribution in [0.4, 0.5) is 8.78 Å². The van der Waals surface area contributed by atoms with E-state index >= 15 is 0 Å². The zero-order valence-electron chi connectivity index (χ0n) is 11.1. The van der Waals surface area contributed by atoms with Gasteiger partial charge in [0.25, 0.3) is 0 Å². The normalized spacial score (nSPS) is 12.1. The van der Waals surface area contributed by atoms with E-state index in [0.717, 1.165) is 4.31 Å². The van der Waals surface area contributed by atoms with Crippen molar-refractivity contribution in [2.24, 2.45) is 11.7 Å². The lowest BCUT2D eigenvalue weighted by Crippen LogP contribution is -2.40. The molecule has 0 saturated heterocycles. The van der Waals surface area contributed by atoms with Gasteiger partial charge in [-0.3, -0.25) is 4.79 Å². The van der Waals surface area contributed by atoms with Crippen molar-refractivity contribution in [2.45, 2.75) is 18.7 Å². The van der Waals surface area contributed by atoms with Crippen molar-refractivity contribution >= 4 is 15.9 Å². The third-order valence-electron chi connectivity index (χ3n) is 2.37. The Morgan fingerprint density at radius 3 is 2.15 bits per heavy atom. The highest BCUT2D eigenvalue weighted by Crippen LogP contribution is 2.19. The quantitative estimate of drug-likeness (QED) is 0.854. The lowest BCUT2D eigenvalue weighted by Gasteiger charge is -2.22. The van der Waals surface area contributed by atoms with E-state index in [1.54, 1.807) is 13.8 Å². The molecule has 0 aliphatic carbocycles. The van der Waals surface area contributed by atoms with Crippen LogP contribution in [0.1, 0.15) is 13.8 Å². The van der Waals surface area contributed by atoms with Crippen LogP contribution in [0.25, 0.3) is 0 Å². The molecule has 0 atom stereocenters. The molecule has 0 radical (unpaired) electrons. The van der Waals surface area contributed by atoms with E-state index in [9.17, 15) is 22.0 Å². The van der Waals surface area contributed by atoms with Crippen molar-refractivity contribution in [2.75, 3.05) is 13.1 Å². The molecule has 0 unspecified atom stereocenters. The molecule has 112 valence electrons. The number of rotatable bonds is 6. The zero-order valence-corrected chi connectivity index (χ0v) is 12.0. The summed E-state index contributed by atoms with van der Waals surface area (Å²) in [5, 5.41) is 0. The Hall–Kier alpha value is -1.54. The van der Waals surface area contributed by atoms with Gasteiger partial charge in [-0.1, -0.05) is 13.8 Å². The summed E-state index contributed by atoms with van der Waals surface area (Å²) in [4.78, 5) is 10.4. The van der Waals surface area contributed by atoms with E-state index in [1.807, 2.05) is 0 Å². The fraction of sp³-hybridized carbons (Fsp3) is 0.417. The number of carbonyl (C=O) groups is 1. The van der Waals surface area contributed by atoms with Crippen LogP contribution < -0.4 is 5.73 Å². The highest BCUT2D eigenvalue weighted by molar-refractivity contribution is 7.89. The van der Waals surface area contributed by atoms with Crippen LogP contribution in [0.3, 0.4) is 0 Å². The molecule has 0 bridgehead atoms. The van der Waals surface area contributed by atoms with Gasteiger partial charge in [-0.2, -0.15) is 4.31 Å². The van der Waals surface area contributed by atoms with Gasteiger partial charge in [-0.05, 0) is 18.1 Å². The molecule has 2 N–H and O–H groups in total. The summed E-state index contributed by atoms with van der Waals surface area (Å²) in [5.41, 5.74) is 5.01. The van der Waals surface area contributed by atoms with E-state index in [4.69, 9.17) is 5.73 Å². The Bertz CT molecular complexity index is 582. The summed E-state index contributed by atoms with van der Waals surface area (Å²) in [6.45, 7) is 2.97. The first-order chi connectivity index (χ1) is 9.12. The summed E-state index contributed by atoms with van der Waals surface area (Å²) in [6.07, 6.45) is 0. The molecule has 0 aliphatic heterocycles. The number of halogens is 2. The Morgan fingerprint density at radius 2 is 1.75 bits per heavy atom. The molecule has 0 heterocycles. The number of carbonyl (C=O) groups excluding carboxylic acids is 1. The van der Waals surface area contributed by atoms with Gasteiger partial charge >= 0.3 is 0 Å². The largest absolute Gasteiger partial charge is 0.369 e.